The van der Waals surface area contributed by atoms with Crippen LogP contribution in [0.15, 0.2) is 24.3 Å². The summed E-state index contributed by atoms with van der Waals surface area (Å²) in [6.45, 7) is 1.76. The Morgan fingerprint density at radius 2 is 1.65 bits per heavy atom. The number of carbonyl (C=O) groups is 1. The van der Waals surface area contributed by atoms with Gasteiger partial charge in [0.05, 0.1) is 5.75 Å². The molecule has 0 unspecified atom stereocenters. The van der Waals surface area contributed by atoms with Gasteiger partial charge in [-0.15, -0.1) is 0 Å². The van der Waals surface area contributed by atoms with E-state index < -0.39 is 31.4 Å². The number of hydrogen-bond acceptors (Lipinski definition) is 5. The lowest BCUT2D eigenvalue weighted by Gasteiger charge is -2.07. The molecular formula is C12H17NO5S2. The van der Waals surface area contributed by atoms with Gasteiger partial charge in [-0.25, -0.2) is 16.8 Å². The number of sulfone groups is 1. The van der Waals surface area contributed by atoms with Crippen molar-refractivity contribution in [1.29, 1.82) is 0 Å². The molecule has 6 nitrogen and oxygen atoms in total. The highest BCUT2D eigenvalue weighted by Gasteiger charge is 2.14. The van der Waals surface area contributed by atoms with Gasteiger partial charge in [-0.05, 0) is 30.7 Å². The molecule has 0 spiro atoms. The van der Waals surface area contributed by atoms with Crippen molar-refractivity contribution in [3.8, 4) is 0 Å². The molecule has 1 N–H and O–H groups in total. The molecule has 0 atom stereocenters. The Morgan fingerprint density at radius 1 is 1.10 bits per heavy atom. The number of Topliss-reactive ketones (excluding diaryl/α,β-unsaturated/α-hetero) is 1. The Balaban J connectivity index is 2.82. The molecule has 0 aliphatic heterocycles. The predicted octanol–water partition coefficient (Wildman–Crippen LogP) is 1.07. The Bertz CT molecular complexity index is 675. The van der Waals surface area contributed by atoms with Gasteiger partial charge < -0.3 is 0 Å². The van der Waals surface area contributed by atoms with Gasteiger partial charge in [0.2, 0.25) is 10.0 Å². The van der Waals surface area contributed by atoms with E-state index in [0.717, 1.165) is 6.26 Å². The first-order chi connectivity index (χ1) is 9.13. The maximum Gasteiger partial charge on any atom is 0.232 e. The summed E-state index contributed by atoms with van der Waals surface area (Å²) < 4.78 is 47.5. The molecule has 20 heavy (non-hydrogen) atoms. The number of carbonyl (C=O) groups excluding carboxylic acids is 1. The number of nitrogens with one attached hydrogen (secondary N) is 1. The van der Waals surface area contributed by atoms with Crippen molar-refractivity contribution in [3.63, 3.8) is 0 Å². The SMILES string of the molecule is CCCS(=O)(=O)Nc1ccc(C(=O)CS(C)(=O)=O)cc1. The van der Waals surface area contributed by atoms with E-state index >= 15 is 0 Å². The topological polar surface area (TPSA) is 97.4 Å². The van der Waals surface area contributed by atoms with Crippen LogP contribution in [0, 0.1) is 0 Å². The lowest BCUT2D eigenvalue weighted by atomic mass is 10.1. The first kappa shape index (κ1) is 16.6. The molecule has 8 heteroatoms. The largest absolute Gasteiger partial charge is 0.293 e. The highest BCUT2D eigenvalue weighted by atomic mass is 32.2. The Kier molecular flexibility index (Phi) is 5.29. The average Bonchev–Trinajstić information content (AvgIpc) is 2.26. The average molecular weight is 319 g/mol. The number of sulfonamides is 1. The van der Waals surface area contributed by atoms with Gasteiger partial charge in [0, 0.05) is 17.5 Å². The fourth-order valence-corrected chi connectivity index (χ4v) is 3.32. The smallest absolute Gasteiger partial charge is 0.232 e. The zero-order valence-corrected chi connectivity index (χ0v) is 12.9. The Hall–Kier alpha value is -1.41. The molecule has 0 fully saturated rings. The van der Waals surface area contributed by atoms with Gasteiger partial charge in [-0.1, -0.05) is 6.92 Å². The van der Waals surface area contributed by atoms with Crippen LogP contribution >= 0.6 is 0 Å². The molecule has 1 aromatic carbocycles. The quantitative estimate of drug-likeness (QED) is 0.758. The monoisotopic (exact) mass is 319 g/mol. The molecule has 112 valence electrons. The molecule has 0 aliphatic carbocycles. The van der Waals surface area contributed by atoms with E-state index in [1.807, 2.05) is 0 Å². The van der Waals surface area contributed by atoms with Crippen molar-refractivity contribution in [2.45, 2.75) is 13.3 Å². The zero-order valence-electron chi connectivity index (χ0n) is 11.3. The number of hydrogen-bond donors (Lipinski definition) is 1. The van der Waals surface area contributed by atoms with Crippen molar-refractivity contribution >= 4 is 31.3 Å². The normalized spacial score (nSPS) is 12.1. The zero-order chi connectivity index (χ0) is 15.4. The maximum absolute atomic E-state index is 11.6. The molecule has 0 bridgehead atoms. The molecule has 0 radical (unpaired) electrons. The van der Waals surface area contributed by atoms with Gasteiger partial charge >= 0.3 is 0 Å². The van der Waals surface area contributed by atoms with Crippen LogP contribution in [0.2, 0.25) is 0 Å². The van der Waals surface area contributed by atoms with Crippen LogP contribution in [0.3, 0.4) is 0 Å². The van der Waals surface area contributed by atoms with Crippen LogP contribution in [-0.4, -0.2) is 40.4 Å². The number of anilines is 1. The summed E-state index contributed by atoms with van der Waals surface area (Å²) in [6.07, 6.45) is 1.48. The molecule has 0 saturated heterocycles. The van der Waals surface area contributed by atoms with Gasteiger partial charge in [0.15, 0.2) is 15.6 Å². The van der Waals surface area contributed by atoms with E-state index in [1.54, 1.807) is 6.92 Å². The highest BCUT2D eigenvalue weighted by Crippen LogP contribution is 2.12. The molecule has 1 aromatic rings. The van der Waals surface area contributed by atoms with E-state index in [1.165, 1.54) is 24.3 Å². The van der Waals surface area contributed by atoms with Crippen LogP contribution in [0.1, 0.15) is 23.7 Å². The lowest BCUT2D eigenvalue weighted by Crippen LogP contribution is -2.17. The summed E-state index contributed by atoms with van der Waals surface area (Å²) in [4.78, 5) is 11.6. The van der Waals surface area contributed by atoms with Crippen LogP contribution < -0.4 is 4.72 Å². The summed E-state index contributed by atoms with van der Waals surface area (Å²) >= 11 is 0. The lowest BCUT2D eigenvalue weighted by molar-refractivity contribution is 0.102. The molecule has 0 aromatic heterocycles. The molecule has 0 aliphatic rings. The molecular weight excluding hydrogens is 302 g/mol. The third-order valence-corrected chi connectivity index (χ3v) is 4.63. The summed E-state index contributed by atoms with van der Waals surface area (Å²) in [5, 5.41) is 0. The number of rotatable bonds is 7. The summed E-state index contributed by atoms with van der Waals surface area (Å²) in [6, 6.07) is 5.67. The van der Waals surface area contributed by atoms with E-state index in [4.69, 9.17) is 0 Å². The van der Waals surface area contributed by atoms with E-state index in [9.17, 15) is 21.6 Å². The molecule has 0 heterocycles. The van der Waals surface area contributed by atoms with Crippen LogP contribution in [0.5, 0.6) is 0 Å². The highest BCUT2D eigenvalue weighted by molar-refractivity contribution is 7.92. The molecule has 0 amide bonds. The number of ketones is 1. The minimum atomic E-state index is -3.38. The predicted molar refractivity (Wildman–Crippen MR) is 78.2 cm³/mol. The Labute approximate surface area is 119 Å². The van der Waals surface area contributed by atoms with E-state index in [-0.39, 0.29) is 11.3 Å². The van der Waals surface area contributed by atoms with Gasteiger partial charge in [0.1, 0.15) is 5.75 Å². The second kappa shape index (κ2) is 6.36. The third-order valence-electron chi connectivity index (χ3n) is 2.35. The van der Waals surface area contributed by atoms with Gasteiger partial charge in [-0.3, -0.25) is 9.52 Å². The summed E-state index contributed by atoms with van der Waals surface area (Å²) in [5.74, 6) is -1.06. The van der Waals surface area contributed by atoms with Crippen LogP contribution in [0.25, 0.3) is 0 Å². The second-order valence-electron chi connectivity index (χ2n) is 4.49. The first-order valence-corrected chi connectivity index (χ1v) is 9.66. The molecule has 0 saturated carbocycles. The standard InChI is InChI=1S/C12H17NO5S2/c1-3-8-20(17,18)13-11-6-4-10(5-7-11)12(14)9-19(2,15)16/h4-7,13H,3,8-9H2,1-2H3. The second-order valence-corrected chi connectivity index (χ2v) is 8.47. The third kappa shape index (κ3) is 5.70. The van der Waals surface area contributed by atoms with Crippen molar-refractivity contribution < 1.29 is 21.6 Å². The fourth-order valence-electron chi connectivity index (χ4n) is 1.54. The van der Waals surface area contributed by atoms with Crippen LogP contribution in [-0.2, 0) is 19.9 Å². The van der Waals surface area contributed by atoms with Crippen molar-refractivity contribution in [3.05, 3.63) is 29.8 Å². The van der Waals surface area contributed by atoms with Crippen LogP contribution in [0.4, 0.5) is 5.69 Å². The van der Waals surface area contributed by atoms with Crippen molar-refractivity contribution in [2.75, 3.05) is 22.5 Å². The van der Waals surface area contributed by atoms with E-state index in [2.05, 4.69) is 4.72 Å². The number of benzene rings is 1. The minimum Gasteiger partial charge on any atom is -0.293 e. The fraction of sp³-hybridized carbons (Fsp3) is 0.417. The van der Waals surface area contributed by atoms with Gasteiger partial charge in [-0.2, -0.15) is 0 Å². The van der Waals surface area contributed by atoms with E-state index in [0.29, 0.717) is 12.1 Å². The Morgan fingerprint density at radius 3 is 2.10 bits per heavy atom. The summed E-state index contributed by atoms with van der Waals surface area (Å²) in [5.41, 5.74) is 0.572. The summed E-state index contributed by atoms with van der Waals surface area (Å²) in [7, 11) is -6.76. The molecule has 1 rings (SSSR count). The first-order valence-electron chi connectivity index (χ1n) is 5.94. The van der Waals surface area contributed by atoms with Crippen molar-refractivity contribution in [1.82, 2.24) is 0 Å². The minimum absolute atomic E-state index is 0.0156. The van der Waals surface area contributed by atoms with Gasteiger partial charge in [0.25, 0.3) is 0 Å². The van der Waals surface area contributed by atoms with Crippen molar-refractivity contribution in [2.24, 2.45) is 0 Å². The maximum atomic E-state index is 11.6.